The number of aromatic hydroxyl groups is 1. The fourth-order valence-electron chi connectivity index (χ4n) is 0.986. The number of phenolic OH excluding ortho intramolecular Hbond substituents is 1. The molecule has 0 saturated heterocycles. The highest BCUT2D eigenvalue weighted by Crippen LogP contribution is 2.24. The van der Waals surface area contributed by atoms with Gasteiger partial charge in [-0.2, -0.15) is 0 Å². The molecule has 3 N–H and O–H groups in total. The number of methoxy groups -OCH3 is 1. The standard InChI is InChI=1S/C10H13NO2/c1-13-9-5-4-8(3-2-6-11)10(12)7-9/h2-5,7,12H,6,11H2,1H3. The van der Waals surface area contributed by atoms with E-state index in [-0.39, 0.29) is 5.75 Å². The average molecular weight is 179 g/mol. The highest BCUT2D eigenvalue weighted by Gasteiger charge is 1.98. The largest absolute Gasteiger partial charge is 0.507 e. The van der Waals surface area contributed by atoms with Crippen LogP contribution in [0.4, 0.5) is 0 Å². The van der Waals surface area contributed by atoms with Crippen molar-refractivity contribution in [3.05, 3.63) is 29.8 Å². The summed E-state index contributed by atoms with van der Waals surface area (Å²) < 4.78 is 4.95. The molecule has 0 spiro atoms. The molecule has 0 heterocycles. The van der Waals surface area contributed by atoms with Crippen LogP contribution < -0.4 is 10.5 Å². The summed E-state index contributed by atoms with van der Waals surface area (Å²) in [4.78, 5) is 0. The lowest BCUT2D eigenvalue weighted by molar-refractivity contribution is 0.407. The van der Waals surface area contributed by atoms with Gasteiger partial charge < -0.3 is 15.6 Å². The Labute approximate surface area is 77.4 Å². The van der Waals surface area contributed by atoms with Gasteiger partial charge in [-0.25, -0.2) is 0 Å². The SMILES string of the molecule is COc1ccc(C=CCN)c(O)c1. The van der Waals surface area contributed by atoms with E-state index in [0.717, 1.165) is 5.56 Å². The number of benzene rings is 1. The van der Waals surface area contributed by atoms with E-state index >= 15 is 0 Å². The summed E-state index contributed by atoms with van der Waals surface area (Å²) in [6.07, 6.45) is 3.55. The van der Waals surface area contributed by atoms with Crippen LogP contribution in [0.1, 0.15) is 5.56 Å². The van der Waals surface area contributed by atoms with Crippen molar-refractivity contribution in [2.24, 2.45) is 5.73 Å². The van der Waals surface area contributed by atoms with Crippen molar-refractivity contribution in [2.45, 2.75) is 0 Å². The van der Waals surface area contributed by atoms with Crippen molar-refractivity contribution < 1.29 is 9.84 Å². The maximum absolute atomic E-state index is 9.48. The zero-order valence-corrected chi connectivity index (χ0v) is 7.53. The zero-order chi connectivity index (χ0) is 9.68. The fourth-order valence-corrected chi connectivity index (χ4v) is 0.986. The Bertz CT molecular complexity index is 308. The minimum atomic E-state index is 0.198. The minimum absolute atomic E-state index is 0.198. The quantitative estimate of drug-likeness (QED) is 0.736. The lowest BCUT2D eigenvalue weighted by Gasteiger charge is -2.02. The summed E-state index contributed by atoms with van der Waals surface area (Å²) in [6, 6.07) is 5.13. The van der Waals surface area contributed by atoms with Gasteiger partial charge in [-0.1, -0.05) is 12.2 Å². The molecule has 0 aromatic heterocycles. The summed E-state index contributed by atoms with van der Waals surface area (Å²) in [7, 11) is 1.56. The molecule has 1 aromatic carbocycles. The van der Waals surface area contributed by atoms with Crippen LogP contribution in [-0.4, -0.2) is 18.8 Å². The first-order chi connectivity index (χ1) is 6.27. The smallest absolute Gasteiger partial charge is 0.126 e. The molecule has 1 rings (SSSR count). The van der Waals surface area contributed by atoms with E-state index in [1.807, 2.05) is 0 Å². The third-order valence-corrected chi connectivity index (χ3v) is 1.67. The predicted octanol–water partition coefficient (Wildman–Crippen LogP) is 1.37. The maximum atomic E-state index is 9.48. The Kier molecular flexibility index (Phi) is 3.34. The molecule has 0 aliphatic carbocycles. The van der Waals surface area contributed by atoms with E-state index in [4.69, 9.17) is 10.5 Å². The summed E-state index contributed by atoms with van der Waals surface area (Å²) in [5, 5.41) is 9.48. The van der Waals surface area contributed by atoms with Crippen LogP contribution in [0.15, 0.2) is 24.3 Å². The summed E-state index contributed by atoms with van der Waals surface area (Å²) in [5.74, 6) is 0.839. The van der Waals surface area contributed by atoms with Gasteiger partial charge in [0.2, 0.25) is 0 Å². The van der Waals surface area contributed by atoms with Crippen LogP contribution >= 0.6 is 0 Å². The second-order valence-electron chi connectivity index (χ2n) is 2.56. The number of rotatable bonds is 3. The molecular weight excluding hydrogens is 166 g/mol. The minimum Gasteiger partial charge on any atom is -0.507 e. The second kappa shape index (κ2) is 4.52. The van der Waals surface area contributed by atoms with Gasteiger partial charge in [0.05, 0.1) is 7.11 Å². The Morgan fingerprint density at radius 2 is 2.31 bits per heavy atom. The van der Waals surface area contributed by atoms with Crippen LogP contribution in [0.3, 0.4) is 0 Å². The van der Waals surface area contributed by atoms with Crippen LogP contribution in [0, 0.1) is 0 Å². The lowest BCUT2D eigenvalue weighted by Crippen LogP contribution is -1.92. The number of hydrogen-bond acceptors (Lipinski definition) is 3. The molecule has 0 bridgehead atoms. The average Bonchev–Trinajstić information content (AvgIpc) is 2.16. The van der Waals surface area contributed by atoms with Gasteiger partial charge >= 0.3 is 0 Å². The molecular formula is C10H13NO2. The van der Waals surface area contributed by atoms with Crippen molar-refractivity contribution in [1.82, 2.24) is 0 Å². The topological polar surface area (TPSA) is 55.5 Å². The molecule has 0 saturated carbocycles. The van der Waals surface area contributed by atoms with Gasteiger partial charge in [-0.05, 0) is 12.1 Å². The first kappa shape index (κ1) is 9.61. The lowest BCUT2D eigenvalue weighted by atomic mass is 10.2. The van der Waals surface area contributed by atoms with Crippen molar-refractivity contribution in [2.75, 3.05) is 13.7 Å². The highest BCUT2D eigenvalue weighted by molar-refractivity contribution is 5.58. The normalized spacial score (nSPS) is 10.6. The van der Waals surface area contributed by atoms with E-state index in [2.05, 4.69) is 0 Å². The van der Waals surface area contributed by atoms with Gasteiger partial charge in [0.1, 0.15) is 11.5 Å². The molecule has 0 unspecified atom stereocenters. The molecule has 0 aliphatic rings. The predicted molar refractivity (Wildman–Crippen MR) is 52.7 cm³/mol. The van der Waals surface area contributed by atoms with Gasteiger partial charge in [0, 0.05) is 18.2 Å². The Hall–Kier alpha value is -1.48. The monoisotopic (exact) mass is 179 g/mol. The first-order valence-electron chi connectivity index (χ1n) is 4.01. The molecule has 0 radical (unpaired) electrons. The van der Waals surface area contributed by atoms with Crippen LogP contribution in [-0.2, 0) is 0 Å². The third kappa shape index (κ3) is 2.49. The Morgan fingerprint density at radius 1 is 1.54 bits per heavy atom. The van der Waals surface area contributed by atoms with Crippen molar-refractivity contribution in [1.29, 1.82) is 0 Å². The summed E-state index contributed by atoms with van der Waals surface area (Å²) >= 11 is 0. The summed E-state index contributed by atoms with van der Waals surface area (Å²) in [5.41, 5.74) is 6.03. The molecule has 1 aromatic rings. The van der Waals surface area contributed by atoms with Gasteiger partial charge in [-0.3, -0.25) is 0 Å². The Balaban J connectivity index is 2.91. The molecule has 0 fully saturated rings. The van der Waals surface area contributed by atoms with E-state index in [1.54, 1.807) is 37.5 Å². The molecule has 0 amide bonds. The molecule has 3 nitrogen and oxygen atoms in total. The van der Waals surface area contributed by atoms with E-state index in [9.17, 15) is 5.11 Å². The van der Waals surface area contributed by atoms with Gasteiger partial charge in [-0.15, -0.1) is 0 Å². The fraction of sp³-hybridized carbons (Fsp3) is 0.200. The van der Waals surface area contributed by atoms with E-state index < -0.39 is 0 Å². The van der Waals surface area contributed by atoms with Crippen LogP contribution in [0.5, 0.6) is 11.5 Å². The number of phenols is 1. The zero-order valence-electron chi connectivity index (χ0n) is 7.53. The first-order valence-corrected chi connectivity index (χ1v) is 4.01. The van der Waals surface area contributed by atoms with Gasteiger partial charge in [0.15, 0.2) is 0 Å². The van der Waals surface area contributed by atoms with E-state index in [0.29, 0.717) is 12.3 Å². The molecule has 3 heteroatoms. The van der Waals surface area contributed by atoms with Crippen molar-refractivity contribution in [3.8, 4) is 11.5 Å². The highest BCUT2D eigenvalue weighted by atomic mass is 16.5. The van der Waals surface area contributed by atoms with Gasteiger partial charge in [0.25, 0.3) is 0 Å². The molecule has 0 atom stereocenters. The summed E-state index contributed by atoms with van der Waals surface area (Å²) in [6.45, 7) is 0.464. The third-order valence-electron chi connectivity index (χ3n) is 1.67. The van der Waals surface area contributed by atoms with Crippen LogP contribution in [0.2, 0.25) is 0 Å². The molecule has 13 heavy (non-hydrogen) atoms. The number of nitrogens with two attached hydrogens (primary N) is 1. The molecule has 0 aliphatic heterocycles. The van der Waals surface area contributed by atoms with Crippen molar-refractivity contribution in [3.63, 3.8) is 0 Å². The second-order valence-corrected chi connectivity index (χ2v) is 2.56. The number of ether oxygens (including phenoxy) is 1. The number of hydrogen-bond donors (Lipinski definition) is 2. The van der Waals surface area contributed by atoms with E-state index in [1.165, 1.54) is 0 Å². The van der Waals surface area contributed by atoms with Crippen molar-refractivity contribution >= 4 is 6.08 Å². The van der Waals surface area contributed by atoms with Crippen LogP contribution in [0.25, 0.3) is 6.08 Å². The maximum Gasteiger partial charge on any atom is 0.126 e. The Morgan fingerprint density at radius 3 is 2.85 bits per heavy atom. The molecule has 70 valence electrons.